The highest BCUT2D eigenvalue weighted by Crippen LogP contribution is 2.22. The minimum atomic E-state index is -0.0208. The predicted molar refractivity (Wildman–Crippen MR) is 106 cm³/mol. The van der Waals surface area contributed by atoms with Crippen molar-refractivity contribution in [3.8, 4) is 11.1 Å². The van der Waals surface area contributed by atoms with Crippen LogP contribution in [0, 0.1) is 13.8 Å². The first-order valence-electron chi connectivity index (χ1n) is 8.30. The van der Waals surface area contributed by atoms with E-state index in [0.717, 1.165) is 27.5 Å². The van der Waals surface area contributed by atoms with Crippen LogP contribution in [0.4, 0.5) is 0 Å². The van der Waals surface area contributed by atoms with Gasteiger partial charge in [-0.15, -0.1) is 11.3 Å². The third-order valence-electron chi connectivity index (χ3n) is 4.24. The molecule has 0 amide bonds. The molecule has 4 rings (SSSR count). The average molecular weight is 359 g/mol. The Labute approximate surface area is 155 Å². The Balaban J connectivity index is 1.57. The molecule has 26 heavy (non-hydrogen) atoms. The second-order valence-electron chi connectivity index (χ2n) is 6.09. The summed E-state index contributed by atoms with van der Waals surface area (Å²) < 4.78 is 2.03. The van der Waals surface area contributed by atoms with Crippen molar-refractivity contribution < 1.29 is 4.79 Å². The van der Waals surface area contributed by atoms with Crippen molar-refractivity contribution in [1.29, 1.82) is 0 Å². The molecule has 1 aromatic carbocycles. The minimum absolute atomic E-state index is 0.0208. The van der Waals surface area contributed by atoms with E-state index in [1.807, 2.05) is 60.0 Å². The van der Waals surface area contributed by atoms with Crippen molar-refractivity contribution in [2.24, 2.45) is 0 Å². The average Bonchev–Trinajstić information content (AvgIpc) is 3.15. The van der Waals surface area contributed by atoms with Gasteiger partial charge in [-0.1, -0.05) is 24.3 Å². The number of carbonyl (C=O) groups is 1. The number of pyridine rings is 1. The largest absolute Gasteiger partial charge is 0.290 e. The molecule has 0 bridgehead atoms. The monoisotopic (exact) mass is 359 g/mol. The Morgan fingerprint density at radius 3 is 2.46 bits per heavy atom. The van der Waals surface area contributed by atoms with Crippen molar-refractivity contribution in [3.05, 3.63) is 82.9 Å². The van der Waals surface area contributed by atoms with E-state index in [1.165, 1.54) is 4.88 Å². The fourth-order valence-corrected chi connectivity index (χ4v) is 3.78. The molecule has 0 aliphatic carbocycles. The Hall–Kier alpha value is -3.05. The molecule has 0 N–H and O–H groups in total. The van der Waals surface area contributed by atoms with Crippen LogP contribution in [0.5, 0.6) is 0 Å². The molecule has 0 spiro atoms. The summed E-state index contributed by atoms with van der Waals surface area (Å²) in [7, 11) is 0. The van der Waals surface area contributed by atoms with E-state index in [4.69, 9.17) is 0 Å². The molecule has 0 atom stereocenters. The van der Waals surface area contributed by atoms with Crippen LogP contribution in [-0.2, 0) is 0 Å². The van der Waals surface area contributed by atoms with E-state index in [2.05, 4.69) is 16.9 Å². The SMILES string of the molecule is Cc1cn2c(/C=C/C(=O)c3ccc(-c4ccncc4)cc3)c(C)nc2s1. The molecule has 0 saturated heterocycles. The zero-order valence-corrected chi connectivity index (χ0v) is 15.3. The quantitative estimate of drug-likeness (QED) is 0.382. The zero-order valence-electron chi connectivity index (χ0n) is 14.5. The third kappa shape index (κ3) is 3.09. The number of imidazole rings is 1. The first-order chi connectivity index (χ1) is 12.6. The molecular weight excluding hydrogens is 342 g/mol. The number of nitrogens with zero attached hydrogens (tertiary/aromatic N) is 3. The summed E-state index contributed by atoms with van der Waals surface area (Å²) in [5.41, 5.74) is 4.69. The number of carbonyl (C=O) groups excluding carboxylic acids is 1. The smallest absolute Gasteiger partial charge is 0.194 e. The molecule has 0 radical (unpaired) electrons. The van der Waals surface area contributed by atoms with E-state index in [1.54, 1.807) is 29.8 Å². The maximum absolute atomic E-state index is 12.5. The molecule has 5 heteroatoms. The highest BCUT2D eigenvalue weighted by Gasteiger charge is 2.09. The van der Waals surface area contributed by atoms with Gasteiger partial charge >= 0.3 is 0 Å². The maximum Gasteiger partial charge on any atom is 0.194 e. The van der Waals surface area contributed by atoms with Crippen LogP contribution in [0.15, 0.2) is 61.1 Å². The summed E-state index contributed by atoms with van der Waals surface area (Å²) in [6.07, 6.45) is 9.04. The van der Waals surface area contributed by atoms with Crippen molar-refractivity contribution >= 4 is 28.2 Å². The molecule has 3 aromatic heterocycles. The third-order valence-corrected chi connectivity index (χ3v) is 5.14. The number of benzene rings is 1. The van der Waals surface area contributed by atoms with Gasteiger partial charge in [0, 0.05) is 29.0 Å². The van der Waals surface area contributed by atoms with Crippen LogP contribution in [-0.4, -0.2) is 20.2 Å². The van der Waals surface area contributed by atoms with E-state index in [-0.39, 0.29) is 5.78 Å². The van der Waals surface area contributed by atoms with Gasteiger partial charge in [0.1, 0.15) is 0 Å². The Morgan fingerprint density at radius 1 is 1.04 bits per heavy atom. The van der Waals surface area contributed by atoms with Gasteiger partial charge in [-0.05, 0) is 49.3 Å². The highest BCUT2D eigenvalue weighted by molar-refractivity contribution is 7.17. The number of rotatable bonds is 4. The number of hydrogen-bond acceptors (Lipinski definition) is 4. The van der Waals surface area contributed by atoms with Crippen LogP contribution in [0.25, 0.3) is 22.2 Å². The molecule has 0 saturated carbocycles. The summed E-state index contributed by atoms with van der Waals surface area (Å²) in [5.74, 6) is -0.0208. The number of allylic oxidation sites excluding steroid dienone is 1. The lowest BCUT2D eigenvalue weighted by Gasteiger charge is -2.02. The lowest BCUT2D eigenvalue weighted by molar-refractivity contribution is 0.104. The van der Waals surface area contributed by atoms with Gasteiger partial charge in [-0.25, -0.2) is 4.98 Å². The number of ketones is 1. The summed E-state index contributed by atoms with van der Waals surface area (Å²) in [4.78, 5) is 23.2. The summed E-state index contributed by atoms with van der Waals surface area (Å²) in [6, 6.07) is 11.5. The number of hydrogen-bond donors (Lipinski definition) is 0. The Morgan fingerprint density at radius 2 is 1.73 bits per heavy atom. The summed E-state index contributed by atoms with van der Waals surface area (Å²) in [5, 5.41) is 0. The normalized spacial score (nSPS) is 11.5. The standard InChI is InChI=1S/C21H17N3OS/c1-14-13-24-19(15(2)23-21(24)26-14)7-8-20(25)18-5-3-16(4-6-18)17-9-11-22-12-10-17/h3-13H,1-2H3/b8-7+. The Kier molecular flexibility index (Phi) is 4.22. The van der Waals surface area contributed by atoms with Gasteiger partial charge in [0.2, 0.25) is 0 Å². The highest BCUT2D eigenvalue weighted by atomic mass is 32.1. The van der Waals surface area contributed by atoms with Gasteiger partial charge in [-0.2, -0.15) is 0 Å². The minimum Gasteiger partial charge on any atom is -0.290 e. The van der Waals surface area contributed by atoms with Gasteiger partial charge < -0.3 is 0 Å². The molecular formula is C21H17N3OS. The van der Waals surface area contributed by atoms with Gasteiger partial charge in [0.15, 0.2) is 10.7 Å². The molecule has 0 aliphatic heterocycles. The van der Waals surface area contributed by atoms with E-state index in [0.29, 0.717) is 5.56 Å². The second kappa shape index (κ2) is 6.69. The molecule has 4 aromatic rings. The van der Waals surface area contributed by atoms with Crippen LogP contribution in [0.2, 0.25) is 0 Å². The molecule has 0 fully saturated rings. The first kappa shape index (κ1) is 16.4. The van der Waals surface area contributed by atoms with Crippen molar-refractivity contribution in [2.45, 2.75) is 13.8 Å². The van der Waals surface area contributed by atoms with E-state index < -0.39 is 0 Å². The predicted octanol–water partition coefficient (Wildman–Crippen LogP) is 4.97. The number of fused-ring (bicyclic) bond motifs is 1. The van der Waals surface area contributed by atoms with Crippen LogP contribution >= 0.6 is 11.3 Å². The number of aryl methyl sites for hydroxylation is 2. The Bertz CT molecular complexity index is 1110. The molecule has 128 valence electrons. The van der Waals surface area contributed by atoms with E-state index in [9.17, 15) is 4.79 Å². The lowest BCUT2D eigenvalue weighted by Crippen LogP contribution is -1.94. The lowest BCUT2D eigenvalue weighted by atomic mass is 10.0. The van der Waals surface area contributed by atoms with Crippen molar-refractivity contribution in [3.63, 3.8) is 0 Å². The van der Waals surface area contributed by atoms with Crippen LogP contribution in [0.3, 0.4) is 0 Å². The van der Waals surface area contributed by atoms with E-state index >= 15 is 0 Å². The van der Waals surface area contributed by atoms with Gasteiger partial charge in [0.25, 0.3) is 0 Å². The zero-order chi connectivity index (χ0) is 18.1. The van der Waals surface area contributed by atoms with Crippen molar-refractivity contribution in [1.82, 2.24) is 14.4 Å². The number of aromatic nitrogens is 3. The van der Waals surface area contributed by atoms with Crippen LogP contribution < -0.4 is 0 Å². The fraction of sp³-hybridized carbons (Fsp3) is 0.0952. The number of thiazole rings is 1. The van der Waals surface area contributed by atoms with Crippen molar-refractivity contribution in [2.75, 3.05) is 0 Å². The maximum atomic E-state index is 12.5. The topological polar surface area (TPSA) is 47.3 Å². The first-order valence-corrected chi connectivity index (χ1v) is 9.11. The molecule has 0 unspecified atom stereocenters. The van der Waals surface area contributed by atoms with Gasteiger partial charge in [-0.3, -0.25) is 14.2 Å². The second-order valence-corrected chi connectivity index (χ2v) is 7.30. The van der Waals surface area contributed by atoms with Gasteiger partial charge in [0.05, 0.1) is 11.4 Å². The summed E-state index contributed by atoms with van der Waals surface area (Å²) >= 11 is 1.65. The summed E-state index contributed by atoms with van der Waals surface area (Å²) in [6.45, 7) is 4.01. The molecule has 0 aliphatic rings. The molecule has 4 nitrogen and oxygen atoms in total. The fourth-order valence-electron chi connectivity index (χ4n) is 2.90. The molecule has 3 heterocycles. The van der Waals surface area contributed by atoms with Crippen LogP contribution in [0.1, 0.15) is 26.6 Å².